The van der Waals surface area contributed by atoms with Gasteiger partial charge in [-0.05, 0) is 13.8 Å². The molecule has 1 fully saturated rings. The van der Waals surface area contributed by atoms with E-state index in [0.29, 0.717) is 0 Å². The molecule has 0 radical (unpaired) electrons. The molecule has 10 heavy (non-hydrogen) atoms. The standard InChI is InChI=1S/C5H10O5/c1-4(6)3-5(2,8-7)10-9-4/h6-7H,3H2,1-2H3. The fourth-order valence-electron chi connectivity index (χ4n) is 0.880. The van der Waals surface area contributed by atoms with Gasteiger partial charge in [-0.1, -0.05) is 0 Å². The molecule has 5 heteroatoms. The maximum atomic E-state index is 9.12. The molecule has 2 N–H and O–H groups in total. The Balaban J connectivity index is 2.57. The Bertz CT molecular complexity index is 134. The van der Waals surface area contributed by atoms with Crippen LogP contribution < -0.4 is 0 Å². The first-order chi connectivity index (χ1) is 4.47. The fourth-order valence-corrected chi connectivity index (χ4v) is 0.880. The van der Waals surface area contributed by atoms with E-state index in [1.807, 2.05) is 0 Å². The summed E-state index contributed by atoms with van der Waals surface area (Å²) in [5, 5.41) is 17.4. The molecular weight excluding hydrogens is 140 g/mol. The molecule has 60 valence electrons. The zero-order valence-electron chi connectivity index (χ0n) is 5.83. The second-order valence-electron chi connectivity index (χ2n) is 2.74. The Kier molecular flexibility index (Phi) is 1.69. The first-order valence-electron chi connectivity index (χ1n) is 2.89. The second-order valence-corrected chi connectivity index (χ2v) is 2.74. The van der Waals surface area contributed by atoms with E-state index in [9.17, 15) is 0 Å². The average Bonchev–Trinajstić information content (AvgIpc) is 2.08. The van der Waals surface area contributed by atoms with Crippen LogP contribution in [0.4, 0.5) is 0 Å². The van der Waals surface area contributed by atoms with Crippen molar-refractivity contribution in [1.82, 2.24) is 0 Å². The largest absolute Gasteiger partial charge is 0.363 e. The Morgan fingerprint density at radius 1 is 1.40 bits per heavy atom. The third-order valence-corrected chi connectivity index (χ3v) is 1.24. The Hall–Kier alpha value is -0.200. The number of aliphatic hydroxyl groups is 1. The van der Waals surface area contributed by atoms with E-state index in [4.69, 9.17) is 10.4 Å². The molecule has 0 amide bonds. The van der Waals surface area contributed by atoms with Crippen molar-refractivity contribution in [3.8, 4) is 0 Å². The SMILES string of the molecule is CC1(O)CC(C)(OO)OO1. The van der Waals surface area contributed by atoms with Crippen molar-refractivity contribution in [3.05, 3.63) is 0 Å². The summed E-state index contributed by atoms with van der Waals surface area (Å²) in [5.74, 6) is -2.62. The Labute approximate surface area is 58.0 Å². The van der Waals surface area contributed by atoms with Crippen molar-refractivity contribution < 1.29 is 25.0 Å². The van der Waals surface area contributed by atoms with E-state index in [0.717, 1.165) is 0 Å². The highest BCUT2D eigenvalue weighted by molar-refractivity contribution is 4.74. The Morgan fingerprint density at radius 3 is 2.20 bits per heavy atom. The summed E-state index contributed by atoms with van der Waals surface area (Å²) in [4.78, 5) is 12.8. The van der Waals surface area contributed by atoms with Gasteiger partial charge in [0.05, 0.1) is 6.42 Å². The lowest BCUT2D eigenvalue weighted by Gasteiger charge is -2.14. The van der Waals surface area contributed by atoms with E-state index in [1.54, 1.807) is 0 Å². The molecule has 0 spiro atoms. The predicted octanol–water partition coefficient (Wildman–Crippen LogP) is 0.253. The summed E-state index contributed by atoms with van der Waals surface area (Å²) in [7, 11) is 0. The van der Waals surface area contributed by atoms with Crippen molar-refractivity contribution in [2.24, 2.45) is 0 Å². The maximum absolute atomic E-state index is 9.12. The van der Waals surface area contributed by atoms with Crippen LogP contribution in [-0.2, 0) is 14.7 Å². The second kappa shape index (κ2) is 2.14. The first-order valence-corrected chi connectivity index (χ1v) is 2.89. The van der Waals surface area contributed by atoms with Crippen molar-refractivity contribution in [1.29, 1.82) is 0 Å². The highest BCUT2D eigenvalue weighted by Gasteiger charge is 2.47. The van der Waals surface area contributed by atoms with Gasteiger partial charge < -0.3 is 5.11 Å². The van der Waals surface area contributed by atoms with Crippen LogP contribution >= 0.6 is 0 Å². The van der Waals surface area contributed by atoms with Gasteiger partial charge in [-0.3, -0.25) is 0 Å². The number of hydrogen-bond acceptors (Lipinski definition) is 5. The van der Waals surface area contributed by atoms with Crippen LogP contribution in [0.25, 0.3) is 0 Å². The third-order valence-electron chi connectivity index (χ3n) is 1.24. The molecule has 2 unspecified atom stereocenters. The van der Waals surface area contributed by atoms with Gasteiger partial charge in [-0.15, -0.1) is 0 Å². The van der Waals surface area contributed by atoms with Gasteiger partial charge in [-0.25, -0.2) is 10.1 Å². The van der Waals surface area contributed by atoms with Crippen molar-refractivity contribution in [2.45, 2.75) is 31.8 Å². The van der Waals surface area contributed by atoms with Gasteiger partial charge in [0.1, 0.15) is 0 Å². The van der Waals surface area contributed by atoms with Crippen molar-refractivity contribution in [2.75, 3.05) is 0 Å². The molecule has 1 aliphatic heterocycles. The molecular formula is C5H10O5. The Morgan fingerprint density at radius 2 is 2.00 bits per heavy atom. The molecule has 0 aromatic rings. The predicted molar refractivity (Wildman–Crippen MR) is 29.5 cm³/mol. The molecule has 5 nitrogen and oxygen atoms in total. The smallest absolute Gasteiger partial charge is 0.236 e. The molecule has 1 saturated heterocycles. The van der Waals surface area contributed by atoms with Gasteiger partial charge in [-0.2, -0.15) is 9.78 Å². The third kappa shape index (κ3) is 1.44. The highest BCUT2D eigenvalue weighted by atomic mass is 17.3. The van der Waals surface area contributed by atoms with Crippen molar-refractivity contribution in [3.63, 3.8) is 0 Å². The summed E-state index contributed by atoms with van der Waals surface area (Å²) < 4.78 is 0. The highest BCUT2D eigenvalue weighted by Crippen LogP contribution is 2.33. The molecule has 0 saturated carbocycles. The lowest BCUT2D eigenvalue weighted by molar-refractivity contribution is -0.476. The molecule has 1 rings (SSSR count). The lowest BCUT2D eigenvalue weighted by atomic mass is 10.1. The van der Waals surface area contributed by atoms with Crippen LogP contribution in [-0.4, -0.2) is 21.9 Å². The summed E-state index contributed by atoms with van der Waals surface area (Å²) in [6.45, 7) is 2.87. The molecule has 1 aliphatic rings. The zero-order chi connectivity index (χ0) is 7.83. The first kappa shape index (κ1) is 7.90. The van der Waals surface area contributed by atoms with E-state index in [1.165, 1.54) is 13.8 Å². The van der Waals surface area contributed by atoms with Crippen LogP contribution in [0.1, 0.15) is 20.3 Å². The minimum Gasteiger partial charge on any atom is -0.363 e. The minimum atomic E-state index is -1.38. The number of hydrogen-bond donors (Lipinski definition) is 2. The van der Waals surface area contributed by atoms with Gasteiger partial charge in [0, 0.05) is 0 Å². The molecule has 0 aromatic carbocycles. The van der Waals surface area contributed by atoms with Crippen LogP contribution in [0.2, 0.25) is 0 Å². The molecule has 1 heterocycles. The molecule has 2 atom stereocenters. The van der Waals surface area contributed by atoms with Crippen LogP contribution in [0, 0.1) is 0 Å². The van der Waals surface area contributed by atoms with Crippen LogP contribution in [0.5, 0.6) is 0 Å². The summed E-state index contributed by atoms with van der Waals surface area (Å²) in [6, 6.07) is 0. The van der Waals surface area contributed by atoms with E-state index >= 15 is 0 Å². The van der Waals surface area contributed by atoms with Gasteiger partial charge in [0.15, 0.2) is 0 Å². The summed E-state index contributed by atoms with van der Waals surface area (Å²) in [5.41, 5.74) is 0. The molecule has 0 bridgehead atoms. The minimum absolute atomic E-state index is 0.0660. The van der Waals surface area contributed by atoms with Crippen molar-refractivity contribution >= 4 is 0 Å². The van der Waals surface area contributed by atoms with Gasteiger partial charge >= 0.3 is 0 Å². The lowest BCUT2D eigenvalue weighted by Crippen LogP contribution is -2.29. The monoisotopic (exact) mass is 150 g/mol. The van der Waals surface area contributed by atoms with Gasteiger partial charge in [0.2, 0.25) is 11.6 Å². The van der Waals surface area contributed by atoms with Gasteiger partial charge in [0.25, 0.3) is 0 Å². The quantitative estimate of drug-likeness (QED) is 0.414. The van der Waals surface area contributed by atoms with E-state index < -0.39 is 11.6 Å². The maximum Gasteiger partial charge on any atom is 0.236 e. The fraction of sp³-hybridized carbons (Fsp3) is 1.00. The summed E-state index contributed by atoms with van der Waals surface area (Å²) in [6.07, 6.45) is 0.0660. The van der Waals surface area contributed by atoms with Crippen LogP contribution in [0.3, 0.4) is 0 Å². The number of rotatable bonds is 1. The van der Waals surface area contributed by atoms with Crippen LogP contribution in [0.15, 0.2) is 0 Å². The van der Waals surface area contributed by atoms with E-state index in [-0.39, 0.29) is 6.42 Å². The summed E-state index contributed by atoms with van der Waals surface area (Å²) >= 11 is 0. The van der Waals surface area contributed by atoms with E-state index in [2.05, 4.69) is 14.7 Å². The normalized spacial score (nSPS) is 48.0. The topological polar surface area (TPSA) is 68.2 Å². The zero-order valence-corrected chi connectivity index (χ0v) is 5.83. The average molecular weight is 150 g/mol. The molecule has 0 aromatic heterocycles. The molecule has 0 aliphatic carbocycles.